The highest BCUT2D eigenvalue weighted by molar-refractivity contribution is 7.12. The maximum absolute atomic E-state index is 13.1. The zero-order valence-corrected chi connectivity index (χ0v) is 17.1. The smallest absolute Gasteiger partial charge is 0.264 e. The lowest BCUT2D eigenvalue weighted by Crippen LogP contribution is -2.50. The molecule has 5 nitrogen and oxygen atoms in total. The molecule has 0 atom stereocenters. The van der Waals surface area contributed by atoms with Crippen LogP contribution in [-0.2, 0) is 6.61 Å². The fourth-order valence-corrected chi connectivity index (χ4v) is 4.04. The molecule has 1 aliphatic heterocycles. The quantitative estimate of drug-likeness (QED) is 0.621. The van der Waals surface area contributed by atoms with Gasteiger partial charge in [0, 0.05) is 26.2 Å². The van der Waals surface area contributed by atoms with Crippen LogP contribution in [0.2, 0.25) is 0 Å². The van der Waals surface area contributed by atoms with Gasteiger partial charge in [0.15, 0.2) is 0 Å². The Kier molecular flexibility index (Phi) is 6.09. The van der Waals surface area contributed by atoms with E-state index in [0.717, 1.165) is 5.56 Å². The van der Waals surface area contributed by atoms with Gasteiger partial charge in [-0.25, -0.2) is 4.39 Å². The average Bonchev–Trinajstić information content (AvgIpc) is 3.33. The van der Waals surface area contributed by atoms with Gasteiger partial charge >= 0.3 is 0 Å². The van der Waals surface area contributed by atoms with Crippen LogP contribution in [0.5, 0.6) is 5.75 Å². The van der Waals surface area contributed by atoms with Gasteiger partial charge in [0.25, 0.3) is 11.8 Å². The summed E-state index contributed by atoms with van der Waals surface area (Å²) >= 11 is 1.43. The predicted molar refractivity (Wildman–Crippen MR) is 113 cm³/mol. The molecule has 3 aromatic rings. The number of benzene rings is 2. The molecule has 0 saturated carbocycles. The van der Waals surface area contributed by atoms with Crippen molar-refractivity contribution in [1.29, 1.82) is 0 Å². The number of para-hydroxylation sites is 1. The molecule has 1 fully saturated rings. The van der Waals surface area contributed by atoms with Gasteiger partial charge in [-0.2, -0.15) is 0 Å². The first-order valence-electron chi connectivity index (χ1n) is 9.70. The minimum Gasteiger partial charge on any atom is -0.488 e. The van der Waals surface area contributed by atoms with E-state index in [0.29, 0.717) is 42.4 Å². The molecular formula is C23H21FN2O3S. The van der Waals surface area contributed by atoms with Gasteiger partial charge < -0.3 is 14.5 Å². The van der Waals surface area contributed by atoms with Gasteiger partial charge in [0.2, 0.25) is 0 Å². The number of thiophene rings is 1. The minimum atomic E-state index is -0.300. The summed E-state index contributed by atoms with van der Waals surface area (Å²) in [4.78, 5) is 29.8. The molecule has 0 bridgehead atoms. The summed E-state index contributed by atoms with van der Waals surface area (Å²) in [5, 5.41) is 1.88. The van der Waals surface area contributed by atoms with Crippen molar-refractivity contribution in [3.63, 3.8) is 0 Å². The number of carbonyl (C=O) groups excluding carboxylic acids is 2. The molecule has 154 valence electrons. The van der Waals surface area contributed by atoms with Crippen LogP contribution < -0.4 is 4.74 Å². The highest BCUT2D eigenvalue weighted by Crippen LogP contribution is 2.22. The first kappa shape index (κ1) is 20.1. The van der Waals surface area contributed by atoms with E-state index in [1.54, 1.807) is 40.1 Å². The van der Waals surface area contributed by atoms with Crippen molar-refractivity contribution in [2.24, 2.45) is 0 Å². The normalized spacial score (nSPS) is 13.9. The Morgan fingerprint density at radius 3 is 2.20 bits per heavy atom. The van der Waals surface area contributed by atoms with Crippen molar-refractivity contribution in [1.82, 2.24) is 9.80 Å². The number of amides is 2. The number of piperazine rings is 1. The van der Waals surface area contributed by atoms with E-state index in [1.165, 1.54) is 23.5 Å². The Bertz CT molecular complexity index is 1010. The summed E-state index contributed by atoms with van der Waals surface area (Å²) in [6, 6.07) is 16.9. The van der Waals surface area contributed by atoms with Crippen LogP contribution in [0.25, 0.3) is 0 Å². The lowest BCUT2D eigenvalue weighted by Gasteiger charge is -2.34. The van der Waals surface area contributed by atoms with Gasteiger partial charge in [-0.3, -0.25) is 9.59 Å². The standard InChI is InChI=1S/C23H21FN2O3S/c24-18-9-7-17(8-10-18)16-29-20-5-2-1-4-19(20)22(27)25-11-13-26(14-12-25)23(28)21-6-3-15-30-21/h1-10,15H,11-14,16H2. The van der Waals surface area contributed by atoms with E-state index in [1.807, 2.05) is 23.6 Å². The molecule has 0 spiro atoms. The third kappa shape index (κ3) is 4.52. The Hall–Kier alpha value is -3.19. The van der Waals surface area contributed by atoms with Crippen LogP contribution in [0, 0.1) is 5.82 Å². The molecule has 2 aromatic carbocycles. The fourth-order valence-electron chi connectivity index (χ4n) is 3.35. The zero-order chi connectivity index (χ0) is 20.9. The number of carbonyl (C=O) groups is 2. The maximum atomic E-state index is 13.1. The average molecular weight is 424 g/mol. The largest absolute Gasteiger partial charge is 0.488 e. The minimum absolute atomic E-state index is 0.0140. The zero-order valence-electron chi connectivity index (χ0n) is 16.3. The fraction of sp³-hybridized carbons (Fsp3) is 0.217. The molecule has 0 aliphatic carbocycles. The first-order chi connectivity index (χ1) is 14.6. The van der Waals surface area contributed by atoms with Gasteiger partial charge in [0.05, 0.1) is 10.4 Å². The van der Waals surface area contributed by atoms with E-state index in [2.05, 4.69) is 0 Å². The van der Waals surface area contributed by atoms with E-state index < -0.39 is 0 Å². The number of hydrogen-bond acceptors (Lipinski definition) is 4. The number of rotatable bonds is 5. The molecule has 1 aromatic heterocycles. The van der Waals surface area contributed by atoms with Gasteiger partial charge in [0.1, 0.15) is 18.2 Å². The second-order valence-electron chi connectivity index (χ2n) is 6.97. The van der Waals surface area contributed by atoms with E-state index in [-0.39, 0.29) is 24.2 Å². The molecular weight excluding hydrogens is 403 g/mol. The van der Waals surface area contributed by atoms with Crippen LogP contribution in [0.3, 0.4) is 0 Å². The third-order valence-corrected chi connectivity index (χ3v) is 5.87. The first-order valence-corrected chi connectivity index (χ1v) is 10.6. The van der Waals surface area contributed by atoms with E-state index in [9.17, 15) is 14.0 Å². The molecule has 0 unspecified atom stereocenters. The van der Waals surface area contributed by atoms with E-state index >= 15 is 0 Å². The number of halogens is 1. The molecule has 7 heteroatoms. The molecule has 1 aliphatic rings. The Balaban J connectivity index is 1.39. The SMILES string of the molecule is O=C(c1cccs1)N1CCN(C(=O)c2ccccc2OCc2ccc(F)cc2)CC1. The summed E-state index contributed by atoms with van der Waals surface area (Å²) in [7, 11) is 0. The topological polar surface area (TPSA) is 49.9 Å². The molecule has 2 heterocycles. The molecule has 2 amide bonds. The predicted octanol–water partition coefficient (Wildman–Crippen LogP) is 4.06. The van der Waals surface area contributed by atoms with Gasteiger partial charge in [-0.1, -0.05) is 30.3 Å². The monoisotopic (exact) mass is 424 g/mol. The van der Waals surface area contributed by atoms with Crippen LogP contribution in [0.15, 0.2) is 66.0 Å². The van der Waals surface area contributed by atoms with Crippen molar-refractivity contribution in [2.75, 3.05) is 26.2 Å². The van der Waals surface area contributed by atoms with Crippen LogP contribution >= 0.6 is 11.3 Å². The van der Waals surface area contributed by atoms with Crippen molar-refractivity contribution in [2.45, 2.75) is 6.61 Å². The summed E-state index contributed by atoms with van der Waals surface area (Å²) in [6.07, 6.45) is 0. The van der Waals surface area contributed by atoms with E-state index in [4.69, 9.17) is 4.74 Å². The third-order valence-electron chi connectivity index (χ3n) is 5.01. The van der Waals surface area contributed by atoms with Crippen molar-refractivity contribution >= 4 is 23.2 Å². The summed E-state index contributed by atoms with van der Waals surface area (Å²) in [5.74, 6) is 0.0861. The molecule has 30 heavy (non-hydrogen) atoms. The number of hydrogen-bond donors (Lipinski definition) is 0. The maximum Gasteiger partial charge on any atom is 0.264 e. The Labute approximate surface area is 178 Å². The molecule has 0 radical (unpaired) electrons. The second-order valence-corrected chi connectivity index (χ2v) is 7.92. The van der Waals surface area contributed by atoms with Crippen LogP contribution in [0.4, 0.5) is 4.39 Å². The second kappa shape index (κ2) is 9.09. The highest BCUT2D eigenvalue weighted by atomic mass is 32.1. The number of ether oxygens (including phenoxy) is 1. The van der Waals surface area contributed by atoms with Gasteiger partial charge in [-0.15, -0.1) is 11.3 Å². The lowest BCUT2D eigenvalue weighted by molar-refractivity contribution is 0.0535. The van der Waals surface area contributed by atoms with Crippen LogP contribution in [0.1, 0.15) is 25.6 Å². The summed E-state index contributed by atoms with van der Waals surface area (Å²) in [5.41, 5.74) is 1.30. The molecule has 0 N–H and O–H groups in total. The van der Waals surface area contributed by atoms with Crippen molar-refractivity contribution < 1.29 is 18.7 Å². The highest BCUT2D eigenvalue weighted by Gasteiger charge is 2.27. The summed E-state index contributed by atoms with van der Waals surface area (Å²) in [6.45, 7) is 2.19. The molecule has 4 rings (SSSR count). The lowest BCUT2D eigenvalue weighted by atomic mass is 10.1. The van der Waals surface area contributed by atoms with Crippen molar-refractivity contribution in [3.8, 4) is 5.75 Å². The summed E-state index contributed by atoms with van der Waals surface area (Å²) < 4.78 is 18.9. The Morgan fingerprint density at radius 1 is 0.867 bits per heavy atom. The molecule has 1 saturated heterocycles. The number of nitrogens with zero attached hydrogens (tertiary/aromatic N) is 2. The van der Waals surface area contributed by atoms with Gasteiger partial charge in [-0.05, 0) is 41.3 Å². The van der Waals surface area contributed by atoms with Crippen molar-refractivity contribution in [3.05, 3.63) is 87.9 Å². The Morgan fingerprint density at radius 2 is 1.53 bits per heavy atom. The van der Waals surface area contributed by atoms with Crippen LogP contribution in [-0.4, -0.2) is 47.8 Å².